The predicted molar refractivity (Wildman–Crippen MR) is 112 cm³/mol. The Morgan fingerprint density at radius 3 is 2.35 bits per heavy atom. The molecule has 0 radical (unpaired) electrons. The van der Waals surface area contributed by atoms with Crippen molar-refractivity contribution in [1.29, 1.82) is 0 Å². The SMILES string of the molecule is CN1C(=O)[C@]2(O)C[C@]3(Br)c4ccccc4N(S(=O)(=O)c4ccccc4)[C@@H]3N2C(=O)[C@H]1O. The van der Waals surface area contributed by atoms with Gasteiger partial charge in [0.2, 0.25) is 12.0 Å². The van der Waals surface area contributed by atoms with Crippen LogP contribution in [0.15, 0.2) is 59.5 Å². The van der Waals surface area contributed by atoms with Crippen molar-refractivity contribution in [3.63, 3.8) is 0 Å². The van der Waals surface area contributed by atoms with Crippen LogP contribution in [0, 0.1) is 0 Å². The lowest BCUT2D eigenvalue weighted by Gasteiger charge is -2.46. The van der Waals surface area contributed by atoms with Crippen LogP contribution in [0.1, 0.15) is 12.0 Å². The van der Waals surface area contributed by atoms with Crippen molar-refractivity contribution in [3.8, 4) is 0 Å². The number of nitrogens with zero attached hydrogens (tertiary/aromatic N) is 3. The first-order chi connectivity index (χ1) is 14.5. The number of piperazine rings is 1. The number of fused-ring (bicyclic) bond motifs is 5. The Kier molecular flexibility index (Phi) is 4.14. The zero-order valence-corrected chi connectivity index (χ0v) is 18.6. The maximum atomic E-state index is 13.7. The van der Waals surface area contributed by atoms with Crippen molar-refractivity contribution in [1.82, 2.24) is 9.80 Å². The fourth-order valence-electron chi connectivity index (χ4n) is 4.75. The number of hydrogen-bond donors (Lipinski definition) is 2. The average molecular weight is 508 g/mol. The molecule has 0 spiro atoms. The highest BCUT2D eigenvalue weighted by Crippen LogP contribution is 2.62. The van der Waals surface area contributed by atoms with Gasteiger partial charge in [0, 0.05) is 13.5 Å². The Morgan fingerprint density at radius 1 is 1.06 bits per heavy atom. The Balaban J connectivity index is 1.78. The van der Waals surface area contributed by atoms with Crippen LogP contribution >= 0.6 is 15.9 Å². The van der Waals surface area contributed by atoms with Gasteiger partial charge >= 0.3 is 0 Å². The van der Waals surface area contributed by atoms with Gasteiger partial charge in [-0.05, 0) is 23.8 Å². The first kappa shape index (κ1) is 20.4. The number of carbonyl (C=O) groups excluding carboxylic acids is 2. The summed E-state index contributed by atoms with van der Waals surface area (Å²) in [5.74, 6) is -1.85. The lowest BCUT2D eigenvalue weighted by Crippen LogP contribution is -2.71. The van der Waals surface area contributed by atoms with Gasteiger partial charge in [-0.1, -0.05) is 52.3 Å². The van der Waals surface area contributed by atoms with E-state index in [-0.39, 0.29) is 11.3 Å². The lowest BCUT2D eigenvalue weighted by molar-refractivity contribution is -0.207. The van der Waals surface area contributed by atoms with Crippen molar-refractivity contribution in [2.75, 3.05) is 11.4 Å². The fraction of sp³-hybridized carbons (Fsp3) is 0.300. The van der Waals surface area contributed by atoms with Gasteiger partial charge in [0.05, 0.1) is 14.9 Å². The summed E-state index contributed by atoms with van der Waals surface area (Å²) < 4.78 is 27.2. The molecular formula is C20H18BrN3O6S. The van der Waals surface area contributed by atoms with E-state index in [0.29, 0.717) is 11.3 Å². The molecule has 5 rings (SSSR count). The van der Waals surface area contributed by atoms with Crippen molar-refractivity contribution < 1.29 is 28.2 Å². The van der Waals surface area contributed by atoms with Crippen LogP contribution in [-0.4, -0.2) is 65.4 Å². The molecule has 0 aliphatic carbocycles. The van der Waals surface area contributed by atoms with Gasteiger partial charge in [-0.15, -0.1) is 0 Å². The van der Waals surface area contributed by atoms with Crippen molar-refractivity contribution in [3.05, 3.63) is 60.2 Å². The minimum atomic E-state index is -4.20. The van der Waals surface area contributed by atoms with Gasteiger partial charge < -0.3 is 15.1 Å². The Hall–Kier alpha value is -2.47. The van der Waals surface area contributed by atoms with Gasteiger partial charge in [-0.25, -0.2) is 12.7 Å². The molecule has 0 aromatic heterocycles. The third-order valence-electron chi connectivity index (χ3n) is 6.16. The molecule has 2 aromatic rings. The summed E-state index contributed by atoms with van der Waals surface area (Å²) in [5.41, 5.74) is -1.49. The molecule has 31 heavy (non-hydrogen) atoms. The smallest absolute Gasteiger partial charge is 0.278 e. The minimum Gasteiger partial charge on any atom is -0.365 e. The Bertz CT molecular complexity index is 1220. The highest BCUT2D eigenvalue weighted by Gasteiger charge is 2.73. The maximum absolute atomic E-state index is 13.7. The molecule has 0 unspecified atom stereocenters. The second kappa shape index (κ2) is 6.28. The number of anilines is 1. The summed E-state index contributed by atoms with van der Waals surface area (Å²) in [4.78, 5) is 27.6. The summed E-state index contributed by atoms with van der Waals surface area (Å²) in [5, 5.41) is 21.7. The first-order valence-corrected chi connectivity index (χ1v) is 11.7. The molecule has 3 aliphatic rings. The van der Waals surface area contributed by atoms with Gasteiger partial charge in [0.25, 0.3) is 21.8 Å². The molecule has 4 atom stereocenters. The summed E-state index contributed by atoms with van der Waals surface area (Å²) in [6.45, 7) is 0. The van der Waals surface area contributed by atoms with Crippen molar-refractivity contribution >= 4 is 43.5 Å². The third kappa shape index (κ3) is 2.40. The molecule has 2 fully saturated rings. The highest BCUT2D eigenvalue weighted by atomic mass is 79.9. The molecule has 9 nitrogen and oxygen atoms in total. The van der Waals surface area contributed by atoms with E-state index in [0.717, 1.165) is 14.1 Å². The molecule has 2 N–H and O–H groups in total. The Morgan fingerprint density at radius 2 is 1.68 bits per heavy atom. The average Bonchev–Trinajstić information content (AvgIpc) is 3.15. The molecule has 2 saturated heterocycles. The molecule has 0 saturated carbocycles. The number of aliphatic hydroxyl groups excluding tert-OH is 1. The summed E-state index contributed by atoms with van der Waals surface area (Å²) in [7, 11) is -2.99. The molecule has 3 heterocycles. The minimum absolute atomic E-state index is 0.00885. The van der Waals surface area contributed by atoms with Crippen LogP contribution < -0.4 is 4.31 Å². The van der Waals surface area contributed by atoms with Crippen LogP contribution in [0.4, 0.5) is 5.69 Å². The van der Waals surface area contributed by atoms with Crippen LogP contribution in [0.3, 0.4) is 0 Å². The third-order valence-corrected chi connectivity index (χ3v) is 9.05. The lowest BCUT2D eigenvalue weighted by atomic mass is 9.94. The van der Waals surface area contributed by atoms with Crippen LogP contribution in [0.5, 0.6) is 0 Å². The second-order valence-electron chi connectivity index (χ2n) is 7.86. The molecule has 11 heteroatoms. The number of benzene rings is 2. The molecular weight excluding hydrogens is 490 g/mol. The van der Waals surface area contributed by atoms with Gasteiger partial charge in [0.1, 0.15) is 6.17 Å². The topological polar surface area (TPSA) is 118 Å². The maximum Gasteiger partial charge on any atom is 0.278 e. The van der Waals surface area contributed by atoms with Crippen LogP contribution in [-0.2, 0) is 23.9 Å². The van der Waals surface area contributed by atoms with Gasteiger partial charge in [0.15, 0.2) is 0 Å². The Labute approximate surface area is 186 Å². The van der Waals surface area contributed by atoms with E-state index in [1.165, 1.54) is 19.2 Å². The normalized spacial score (nSPS) is 32.2. The summed E-state index contributed by atoms with van der Waals surface area (Å²) in [6.07, 6.45) is -3.43. The standard InChI is InChI=1S/C20H18BrN3O6S/c1-22-15(25)16(26)23-17-19(21,11-20(23,28)18(22)27)13-9-5-6-10-14(13)24(17)31(29,30)12-7-3-2-4-8-12/h2-10,15,17,25,28H,11H2,1H3/t15-,17+,19+,20-/m1/s1. The number of aliphatic hydroxyl groups is 2. The van der Waals surface area contributed by atoms with Gasteiger partial charge in [-0.2, -0.15) is 0 Å². The number of likely N-dealkylation sites (N-methyl/N-ethyl adjacent to an activating group) is 1. The summed E-state index contributed by atoms with van der Waals surface area (Å²) >= 11 is 3.58. The number of amides is 2. The molecule has 0 bridgehead atoms. The number of alkyl halides is 1. The number of rotatable bonds is 2. The van der Waals surface area contributed by atoms with Gasteiger partial charge in [-0.3, -0.25) is 14.5 Å². The molecule has 2 aromatic carbocycles. The van der Waals surface area contributed by atoms with Crippen LogP contribution in [0.2, 0.25) is 0 Å². The van der Waals surface area contributed by atoms with E-state index >= 15 is 0 Å². The number of para-hydroxylation sites is 1. The largest absolute Gasteiger partial charge is 0.365 e. The van der Waals surface area contributed by atoms with Crippen LogP contribution in [0.25, 0.3) is 0 Å². The molecule has 2 amide bonds. The molecule has 3 aliphatic heterocycles. The van der Waals surface area contributed by atoms with E-state index in [2.05, 4.69) is 15.9 Å². The first-order valence-electron chi connectivity index (χ1n) is 9.44. The van der Waals surface area contributed by atoms with E-state index in [9.17, 15) is 28.2 Å². The summed E-state index contributed by atoms with van der Waals surface area (Å²) in [6, 6.07) is 14.4. The number of hydrogen-bond acceptors (Lipinski definition) is 6. The quantitative estimate of drug-likeness (QED) is 0.572. The molecule has 162 valence electrons. The predicted octanol–water partition coefficient (Wildman–Crippen LogP) is 0.523. The van der Waals surface area contributed by atoms with E-state index in [4.69, 9.17) is 0 Å². The zero-order chi connectivity index (χ0) is 22.3. The number of sulfonamides is 1. The van der Waals surface area contributed by atoms with E-state index < -0.39 is 44.3 Å². The monoisotopic (exact) mass is 507 g/mol. The second-order valence-corrected chi connectivity index (χ2v) is 11.1. The highest BCUT2D eigenvalue weighted by molar-refractivity contribution is 9.09. The zero-order valence-electron chi connectivity index (χ0n) is 16.2. The number of carbonyl (C=O) groups is 2. The van der Waals surface area contributed by atoms with E-state index in [1.807, 2.05) is 0 Å². The van der Waals surface area contributed by atoms with Crippen molar-refractivity contribution in [2.24, 2.45) is 0 Å². The van der Waals surface area contributed by atoms with E-state index in [1.54, 1.807) is 42.5 Å². The number of halogens is 1. The van der Waals surface area contributed by atoms with Crippen molar-refractivity contribution in [2.45, 2.75) is 33.8 Å². The fourth-order valence-corrected chi connectivity index (χ4v) is 7.70.